The number of nitrogens with zero attached hydrogens (tertiary/aromatic N) is 2. The molecule has 128 valence electrons. The van der Waals surface area contributed by atoms with Crippen LogP contribution in [0.4, 0.5) is 8.78 Å². The Kier molecular flexibility index (Phi) is 5.36. The number of halogens is 2. The van der Waals surface area contributed by atoms with Crippen molar-refractivity contribution in [1.29, 1.82) is 0 Å². The third-order valence-electron chi connectivity index (χ3n) is 4.23. The first-order valence-corrected chi connectivity index (χ1v) is 9.07. The van der Waals surface area contributed by atoms with Crippen molar-refractivity contribution in [1.82, 2.24) is 9.21 Å². The van der Waals surface area contributed by atoms with Crippen LogP contribution in [0.15, 0.2) is 18.2 Å². The van der Waals surface area contributed by atoms with Gasteiger partial charge < -0.3 is 4.90 Å². The standard InChI is InChI=1S/C15H20F2N2O3S/c1-3-23(21,22)19-9-7-11(8-10-19)18(2)15(20)14-12(16)5-4-6-13(14)17/h4-6,11H,3,7-10H2,1-2H3. The van der Waals surface area contributed by atoms with E-state index in [0.29, 0.717) is 25.9 Å². The Hall–Kier alpha value is -1.54. The van der Waals surface area contributed by atoms with Gasteiger partial charge in [-0.05, 0) is 31.9 Å². The average Bonchev–Trinajstić information content (AvgIpc) is 2.54. The molecule has 1 amide bonds. The summed E-state index contributed by atoms with van der Waals surface area (Å²) in [5.41, 5.74) is -0.571. The summed E-state index contributed by atoms with van der Waals surface area (Å²) < 4.78 is 52.5. The summed E-state index contributed by atoms with van der Waals surface area (Å²) in [6, 6.07) is 3.04. The first-order chi connectivity index (χ1) is 10.8. The van der Waals surface area contributed by atoms with Crippen LogP contribution < -0.4 is 0 Å². The molecule has 0 aromatic heterocycles. The lowest BCUT2D eigenvalue weighted by molar-refractivity contribution is 0.0672. The van der Waals surface area contributed by atoms with Crippen LogP contribution >= 0.6 is 0 Å². The predicted molar refractivity (Wildman–Crippen MR) is 82.5 cm³/mol. The third-order valence-corrected chi connectivity index (χ3v) is 6.11. The lowest BCUT2D eigenvalue weighted by Crippen LogP contribution is -2.47. The average molecular weight is 346 g/mol. The molecule has 0 unspecified atom stereocenters. The molecule has 0 N–H and O–H groups in total. The minimum Gasteiger partial charge on any atom is -0.338 e. The molecule has 0 saturated carbocycles. The molecule has 1 heterocycles. The molecule has 0 radical (unpaired) electrons. The van der Waals surface area contributed by atoms with Gasteiger partial charge in [0.15, 0.2) is 0 Å². The molecule has 1 aromatic rings. The van der Waals surface area contributed by atoms with Crippen LogP contribution in [0, 0.1) is 11.6 Å². The topological polar surface area (TPSA) is 57.7 Å². The fraction of sp³-hybridized carbons (Fsp3) is 0.533. The quantitative estimate of drug-likeness (QED) is 0.836. The summed E-state index contributed by atoms with van der Waals surface area (Å²) >= 11 is 0. The smallest absolute Gasteiger partial charge is 0.259 e. The second-order valence-corrected chi connectivity index (χ2v) is 7.80. The maximum absolute atomic E-state index is 13.7. The zero-order chi connectivity index (χ0) is 17.2. The zero-order valence-electron chi connectivity index (χ0n) is 13.1. The number of rotatable bonds is 4. The lowest BCUT2D eigenvalue weighted by atomic mass is 10.0. The van der Waals surface area contributed by atoms with Crippen molar-refractivity contribution in [3.8, 4) is 0 Å². The van der Waals surface area contributed by atoms with Crippen LogP contribution in [-0.2, 0) is 10.0 Å². The molecular formula is C15H20F2N2O3S. The Morgan fingerprint density at radius 3 is 2.26 bits per heavy atom. The van der Waals surface area contributed by atoms with Crippen molar-refractivity contribution in [2.75, 3.05) is 25.9 Å². The normalized spacial score (nSPS) is 17.2. The molecule has 1 aliphatic rings. The Labute approximate surface area is 134 Å². The Balaban J connectivity index is 2.08. The van der Waals surface area contributed by atoms with Crippen LogP contribution in [0.3, 0.4) is 0 Å². The molecule has 0 aliphatic carbocycles. The molecular weight excluding hydrogens is 326 g/mol. The highest BCUT2D eigenvalue weighted by molar-refractivity contribution is 7.89. The third kappa shape index (κ3) is 3.69. The van der Waals surface area contributed by atoms with Crippen molar-refractivity contribution in [2.24, 2.45) is 0 Å². The van der Waals surface area contributed by atoms with Crippen LogP contribution in [-0.4, -0.2) is 55.5 Å². The summed E-state index contributed by atoms with van der Waals surface area (Å²) in [7, 11) is -1.76. The molecule has 1 aromatic carbocycles. The SMILES string of the molecule is CCS(=O)(=O)N1CCC(N(C)C(=O)c2c(F)cccc2F)CC1. The van der Waals surface area contributed by atoms with Gasteiger partial charge in [-0.3, -0.25) is 4.79 Å². The minimum atomic E-state index is -3.25. The van der Waals surface area contributed by atoms with Crippen molar-refractivity contribution >= 4 is 15.9 Å². The van der Waals surface area contributed by atoms with Gasteiger partial charge in [-0.2, -0.15) is 0 Å². The number of piperidine rings is 1. The van der Waals surface area contributed by atoms with Crippen molar-refractivity contribution in [2.45, 2.75) is 25.8 Å². The monoisotopic (exact) mass is 346 g/mol. The highest BCUT2D eigenvalue weighted by Gasteiger charge is 2.31. The van der Waals surface area contributed by atoms with Gasteiger partial charge in [-0.15, -0.1) is 0 Å². The van der Waals surface area contributed by atoms with E-state index < -0.39 is 33.1 Å². The number of hydrogen-bond donors (Lipinski definition) is 0. The van der Waals surface area contributed by atoms with E-state index in [0.717, 1.165) is 12.1 Å². The summed E-state index contributed by atoms with van der Waals surface area (Å²) in [5.74, 6) is -2.48. The molecule has 0 bridgehead atoms. The second kappa shape index (κ2) is 6.92. The summed E-state index contributed by atoms with van der Waals surface area (Å²) in [6.45, 7) is 2.19. The number of sulfonamides is 1. The van der Waals surface area contributed by atoms with Gasteiger partial charge in [-0.1, -0.05) is 6.07 Å². The zero-order valence-corrected chi connectivity index (χ0v) is 13.9. The van der Waals surface area contributed by atoms with Gasteiger partial charge in [0.1, 0.15) is 17.2 Å². The van der Waals surface area contributed by atoms with Gasteiger partial charge >= 0.3 is 0 Å². The second-order valence-electron chi connectivity index (χ2n) is 5.54. The fourth-order valence-electron chi connectivity index (χ4n) is 2.73. The first kappa shape index (κ1) is 17.8. The minimum absolute atomic E-state index is 0.0346. The van der Waals surface area contributed by atoms with Crippen LogP contribution in [0.25, 0.3) is 0 Å². The maximum atomic E-state index is 13.7. The molecule has 1 fully saturated rings. The molecule has 23 heavy (non-hydrogen) atoms. The fourth-order valence-corrected chi connectivity index (χ4v) is 3.87. The van der Waals surface area contributed by atoms with E-state index in [1.54, 1.807) is 6.92 Å². The highest BCUT2D eigenvalue weighted by Crippen LogP contribution is 2.21. The predicted octanol–water partition coefficient (Wildman–Crippen LogP) is 1.85. The van der Waals surface area contributed by atoms with E-state index in [-0.39, 0.29) is 11.8 Å². The summed E-state index contributed by atoms with van der Waals surface area (Å²) in [6.07, 6.45) is 0.884. The Bertz CT molecular complexity index is 666. The molecule has 8 heteroatoms. The van der Waals surface area contributed by atoms with E-state index in [2.05, 4.69) is 0 Å². The Morgan fingerprint density at radius 1 is 1.26 bits per heavy atom. The van der Waals surface area contributed by atoms with E-state index in [4.69, 9.17) is 0 Å². The van der Waals surface area contributed by atoms with Gasteiger partial charge in [0.2, 0.25) is 10.0 Å². The van der Waals surface area contributed by atoms with Gasteiger partial charge in [0.05, 0.1) is 5.75 Å². The molecule has 5 nitrogen and oxygen atoms in total. The van der Waals surface area contributed by atoms with E-state index in [1.165, 1.54) is 22.3 Å². The first-order valence-electron chi connectivity index (χ1n) is 7.47. The number of carbonyl (C=O) groups is 1. The highest BCUT2D eigenvalue weighted by atomic mass is 32.2. The molecule has 0 atom stereocenters. The van der Waals surface area contributed by atoms with Crippen LogP contribution in [0.2, 0.25) is 0 Å². The van der Waals surface area contributed by atoms with Crippen molar-refractivity contribution in [3.05, 3.63) is 35.4 Å². The van der Waals surface area contributed by atoms with E-state index in [9.17, 15) is 22.0 Å². The van der Waals surface area contributed by atoms with Crippen molar-refractivity contribution in [3.63, 3.8) is 0 Å². The maximum Gasteiger partial charge on any atom is 0.259 e. The van der Waals surface area contributed by atoms with Gasteiger partial charge in [-0.25, -0.2) is 21.5 Å². The summed E-state index contributed by atoms with van der Waals surface area (Å²) in [5, 5.41) is 0. The molecule has 1 aliphatic heterocycles. The number of benzene rings is 1. The van der Waals surface area contributed by atoms with E-state index in [1.807, 2.05) is 0 Å². The lowest BCUT2D eigenvalue weighted by Gasteiger charge is -2.36. The van der Waals surface area contributed by atoms with Crippen LogP contribution in [0.1, 0.15) is 30.1 Å². The number of carbonyl (C=O) groups excluding carboxylic acids is 1. The molecule has 1 saturated heterocycles. The van der Waals surface area contributed by atoms with Gasteiger partial charge in [0, 0.05) is 26.2 Å². The Morgan fingerprint density at radius 2 is 1.78 bits per heavy atom. The van der Waals surface area contributed by atoms with Gasteiger partial charge in [0.25, 0.3) is 5.91 Å². The molecule has 2 rings (SSSR count). The molecule has 0 spiro atoms. The largest absolute Gasteiger partial charge is 0.338 e. The van der Waals surface area contributed by atoms with E-state index >= 15 is 0 Å². The number of hydrogen-bond acceptors (Lipinski definition) is 3. The van der Waals surface area contributed by atoms with Crippen molar-refractivity contribution < 1.29 is 22.0 Å². The summed E-state index contributed by atoms with van der Waals surface area (Å²) in [4.78, 5) is 13.6. The van der Waals surface area contributed by atoms with Crippen LogP contribution in [0.5, 0.6) is 0 Å². The number of amides is 1.